The third-order valence-corrected chi connectivity index (χ3v) is 3.57. The van der Waals surface area contributed by atoms with Gasteiger partial charge in [-0.1, -0.05) is 0 Å². The Labute approximate surface area is 116 Å². The highest BCUT2D eigenvalue weighted by atomic mass is 19.1. The normalized spacial score (nSPS) is 18.4. The van der Waals surface area contributed by atoms with Crippen molar-refractivity contribution in [2.45, 2.75) is 25.4 Å². The summed E-state index contributed by atoms with van der Waals surface area (Å²) in [4.78, 5) is 18.3. The van der Waals surface area contributed by atoms with Gasteiger partial charge in [0.1, 0.15) is 6.61 Å². The van der Waals surface area contributed by atoms with Crippen molar-refractivity contribution in [2.75, 3.05) is 13.2 Å². The highest BCUT2D eigenvalue weighted by Gasteiger charge is 2.38. The fourth-order valence-corrected chi connectivity index (χ4v) is 2.25. The van der Waals surface area contributed by atoms with E-state index in [0.717, 1.165) is 18.5 Å². The number of fused-ring (bicyclic) bond motifs is 1. The number of ether oxygens (including phenoxy) is 1. The Morgan fingerprint density at radius 3 is 3.00 bits per heavy atom. The maximum atomic E-state index is 12.4. The molecular formula is C14H16FN3O2. The van der Waals surface area contributed by atoms with Crippen molar-refractivity contribution < 1.29 is 13.9 Å². The third-order valence-electron chi connectivity index (χ3n) is 3.57. The van der Waals surface area contributed by atoms with Gasteiger partial charge in [0.05, 0.1) is 24.1 Å². The van der Waals surface area contributed by atoms with Crippen LogP contribution in [0.3, 0.4) is 0 Å². The molecule has 3 rings (SSSR count). The molecule has 5 nitrogen and oxygen atoms in total. The van der Waals surface area contributed by atoms with Crippen molar-refractivity contribution in [3.05, 3.63) is 35.3 Å². The molecule has 0 aromatic carbocycles. The molecule has 1 aliphatic heterocycles. The smallest absolute Gasteiger partial charge is 0.256 e. The first kappa shape index (κ1) is 13.1. The number of rotatable bonds is 5. The number of carbonyl (C=O) groups is 1. The standard InChI is InChI=1S/C14H16FN3O2/c15-5-9(6-16)8-20-13-4-3-11-12(17-13)7-18(14(11)19)10-1-2-10/h3-5,10H,1-2,6-8,16H2. The summed E-state index contributed by atoms with van der Waals surface area (Å²) < 4.78 is 17.8. The van der Waals surface area contributed by atoms with E-state index in [-0.39, 0.29) is 19.1 Å². The van der Waals surface area contributed by atoms with Crippen LogP contribution >= 0.6 is 0 Å². The number of pyridine rings is 1. The number of nitrogens with zero attached hydrogens (tertiary/aromatic N) is 2. The Morgan fingerprint density at radius 2 is 2.35 bits per heavy atom. The molecule has 1 fully saturated rings. The molecule has 0 radical (unpaired) electrons. The van der Waals surface area contributed by atoms with Gasteiger partial charge in [0.15, 0.2) is 0 Å². The summed E-state index contributed by atoms with van der Waals surface area (Å²) in [6, 6.07) is 3.74. The Hall–Kier alpha value is -1.95. The molecule has 0 spiro atoms. The lowest BCUT2D eigenvalue weighted by atomic mass is 10.2. The minimum atomic E-state index is 0.0489. The maximum Gasteiger partial charge on any atom is 0.256 e. The zero-order chi connectivity index (χ0) is 14.1. The minimum absolute atomic E-state index is 0.0489. The van der Waals surface area contributed by atoms with Gasteiger partial charge in [-0.3, -0.25) is 4.79 Å². The van der Waals surface area contributed by atoms with Crippen LogP contribution in [0.1, 0.15) is 28.9 Å². The van der Waals surface area contributed by atoms with Crippen molar-refractivity contribution in [3.63, 3.8) is 0 Å². The lowest BCUT2D eigenvalue weighted by Gasteiger charge is -2.12. The Morgan fingerprint density at radius 1 is 1.55 bits per heavy atom. The van der Waals surface area contributed by atoms with E-state index >= 15 is 0 Å². The van der Waals surface area contributed by atoms with Gasteiger partial charge in [-0.05, 0) is 18.9 Å². The summed E-state index contributed by atoms with van der Waals surface area (Å²) in [7, 11) is 0. The van der Waals surface area contributed by atoms with Gasteiger partial charge < -0.3 is 15.4 Å². The highest BCUT2D eigenvalue weighted by molar-refractivity contribution is 5.98. The fourth-order valence-electron chi connectivity index (χ4n) is 2.25. The van der Waals surface area contributed by atoms with E-state index in [1.165, 1.54) is 0 Å². The average molecular weight is 277 g/mol. The second-order valence-electron chi connectivity index (χ2n) is 5.07. The van der Waals surface area contributed by atoms with Gasteiger partial charge in [0, 0.05) is 24.2 Å². The van der Waals surface area contributed by atoms with E-state index in [9.17, 15) is 9.18 Å². The van der Waals surface area contributed by atoms with Gasteiger partial charge in [-0.15, -0.1) is 0 Å². The van der Waals surface area contributed by atoms with E-state index in [1.54, 1.807) is 12.1 Å². The summed E-state index contributed by atoms with van der Waals surface area (Å²) in [5.41, 5.74) is 7.10. The van der Waals surface area contributed by atoms with Gasteiger partial charge in [0.2, 0.25) is 5.88 Å². The van der Waals surface area contributed by atoms with E-state index in [4.69, 9.17) is 10.5 Å². The lowest BCUT2D eigenvalue weighted by molar-refractivity contribution is 0.0766. The molecule has 1 saturated carbocycles. The molecule has 106 valence electrons. The van der Waals surface area contributed by atoms with Gasteiger partial charge in [-0.2, -0.15) is 0 Å². The third kappa shape index (κ3) is 2.38. The van der Waals surface area contributed by atoms with Crippen LogP contribution in [-0.2, 0) is 6.54 Å². The zero-order valence-corrected chi connectivity index (χ0v) is 11.0. The van der Waals surface area contributed by atoms with E-state index in [2.05, 4.69) is 4.98 Å². The van der Waals surface area contributed by atoms with E-state index in [0.29, 0.717) is 35.9 Å². The van der Waals surface area contributed by atoms with Crippen molar-refractivity contribution in [3.8, 4) is 5.88 Å². The monoisotopic (exact) mass is 277 g/mol. The average Bonchev–Trinajstić information content (AvgIpc) is 3.25. The molecule has 0 atom stereocenters. The van der Waals surface area contributed by atoms with Gasteiger partial charge >= 0.3 is 0 Å². The Balaban J connectivity index is 1.71. The number of hydrogen-bond donors (Lipinski definition) is 1. The molecule has 1 aliphatic carbocycles. The summed E-state index contributed by atoms with van der Waals surface area (Å²) in [6.07, 6.45) is 2.60. The van der Waals surface area contributed by atoms with Crippen LogP contribution < -0.4 is 10.5 Å². The maximum absolute atomic E-state index is 12.4. The summed E-state index contributed by atoms with van der Waals surface area (Å²) >= 11 is 0. The largest absolute Gasteiger partial charge is 0.473 e. The topological polar surface area (TPSA) is 68.5 Å². The molecule has 0 unspecified atom stereocenters. The number of hydrogen-bond acceptors (Lipinski definition) is 4. The highest BCUT2D eigenvalue weighted by Crippen LogP contribution is 2.34. The van der Waals surface area contributed by atoms with Crippen LogP contribution in [0.5, 0.6) is 5.88 Å². The molecule has 6 heteroatoms. The number of aromatic nitrogens is 1. The fraction of sp³-hybridized carbons (Fsp3) is 0.429. The van der Waals surface area contributed by atoms with Crippen molar-refractivity contribution in [1.82, 2.24) is 9.88 Å². The first-order valence-corrected chi connectivity index (χ1v) is 6.65. The lowest BCUT2D eigenvalue weighted by Crippen LogP contribution is -2.25. The van der Waals surface area contributed by atoms with Crippen LogP contribution in [0.25, 0.3) is 0 Å². The van der Waals surface area contributed by atoms with Gasteiger partial charge in [-0.25, -0.2) is 9.37 Å². The van der Waals surface area contributed by atoms with E-state index in [1.807, 2.05) is 4.90 Å². The predicted molar refractivity (Wildman–Crippen MR) is 70.9 cm³/mol. The molecular weight excluding hydrogens is 261 g/mol. The molecule has 0 saturated heterocycles. The number of nitrogens with two attached hydrogens (primary N) is 1. The second kappa shape index (κ2) is 5.20. The SMILES string of the molecule is NCC(=CF)COc1ccc2c(n1)CN(C1CC1)C2=O. The van der Waals surface area contributed by atoms with Gasteiger partial charge in [0.25, 0.3) is 5.91 Å². The molecule has 2 heterocycles. The van der Waals surface area contributed by atoms with Crippen LogP contribution in [0.4, 0.5) is 4.39 Å². The van der Waals surface area contributed by atoms with Crippen molar-refractivity contribution in [2.24, 2.45) is 5.73 Å². The molecule has 20 heavy (non-hydrogen) atoms. The summed E-state index contributed by atoms with van der Waals surface area (Å²) in [5, 5.41) is 0. The molecule has 2 aliphatic rings. The molecule has 2 N–H and O–H groups in total. The number of amides is 1. The zero-order valence-electron chi connectivity index (χ0n) is 11.0. The van der Waals surface area contributed by atoms with Crippen LogP contribution in [0.15, 0.2) is 24.0 Å². The predicted octanol–water partition coefficient (Wildman–Crippen LogP) is 1.39. The molecule has 0 bridgehead atoms. The Bertz CT molecular complexity index is 570. The molecule has 1 amide bonds. The summed E-state index contributed by atoms with van der Waals surface area (Å²) in [5.74, 6) is 0.440. The Kier molecular flexibility index (Phi) is 3.40. The first-order valence-electron chi connectivity index (χ1n) is 6.65. The van der Waals surface area contributed by atoms with Crippen molar-refractivity contribution >= 4 is 5.91 Å². The number of halogens is 1. The quantitative estimate of drug-likeness (QED) is 0.883. The van der Waals surface area contributed by atoms with E-state index < -0.39 is 0 Å². The van der Waals surface area contributed by atoms with Crippen LogP contribution in [0.2, 0.25) is 0 Å². The minimum Gasteiger partial charge on any atom is -0.473 e. The second-order valence-corrected chi connectivity index (χ2v) is 5.07. The molecule has 1 aromatic rings. The number of carbonyl (C=O) groups excluding carboxylic acids is 1. The van der Waals surface area contributed by atoms with Crippen molar-refractivity contribution in [1.29, 1.82) is 0 Å². The summed E-state index contributed by atoms with van der Waals surface area (Å²) in [6.45, 7) is 0.715. The molecule has 1 aromatic heterocycles. The van der Waals surface area contributed by atoms with Crippen LogP contribution in [0, 0.1) is 0 Å². The first-order chi connectivity index (χ1) is 9.72. The van der Waals surface area contributed by atoms with Crippen LogP contribution in [-0.4, -0.2) is 35.0 Å².